The Morgan fingerprint density at radius 3 is 2.95 bits per heavy atom. The Hall–Kier alpha value is -1.11. The van der Waals surface area contributed by atoms with Crippen molar-refractivity contribution in [1.82, 2.24) is 4.98 Å². The Morgan fingerprint density at radius 1 is 1.48 bits per heavy atom. The summed E-state index contributed by atoms with van der Waals surface area (Å²) in [6.45, 7) is 3.89. The van der Waals surface area contributed by atoms with Gasteiger partial charge in [0, 0.05) is 5.75 Å². The topological polar surface area (TPSA) is 65.2 Å². The molecule has 6 heteroatoms. The maximum Gasteiger partial charge on any atom is 0.325 e. The van der Waals surface area contributed by atoms with Crippen LogP contribution >= 0.6 is 23.1 Å². The molecule has 2 rings (SSSR count). The number of rotatable bonds is 7. The molecule has 1 heterocycles. The van der Waals surface area contributed by atoms with Gasteiger partial charge in [0.05, 0.1) is 16.8 Å². The fourth-order valence-electron chi connectivity index (χ4n) is 1.91. The minimum Gasteiger partial charge on any atom is -0.465 e. The first-order valence-electron chi connectivity index (χ1n) is 6.97. The third-order valence-electron chi connectivity index (χ3n) is 3.08. The lowest BCUT2D eigenvalue weighted by Gasteiger charge is -2.21. The molecule has 0 radical (unpaired) electrons. The molecule has 0 saturated carbocycles. The van der Waals surface area contributed by atoms with Gasteiger partial charge >= 0.3 is 5.97 Å². The van der Waals surface area contributed by atoms with Crippen LogP contribution in [0, 0.1) is 0 Å². The number of ether oxygens (including phenoxy) is 1. The quantitative estimate of drug-likeness (QED) is 0.480. The van der Waals surface area contributed by atoms with Crippen LogP contribution in [0.4, 0.5) is 0 Å². The van der Waals surface area contributed by atoms with Crippen molar-refractivity contribution in [2.45, 2.75) is 36.6 Å². The normalized spacial score (nSPS) is 14.0. The summed E-state index contributed by atoms with van der Waals surface area (Å²) < 4.78 is 7.25. The summed E-state index contributed by atoms with van der Waals surface area (Å²) in [6, 6.07) is 8.12. The largest absolute Gasteiger partial charge is 0.465 e. The maximum absolute atomic E-state index is 11.7. The number of hydrogen-bond acceptors (Lipinski definition) is 6. The zero-order valence-electron chi connectivity index (χ0n) is 12.3. The van der Waals surface area contributed by atoms with Crippen molar-refractivity contribution in [3.8, 4) is 0 Å². The number of carbonyl (C=O) groups excluding carboxylic acids is 1. The first kappa shape index (κ1) is 16.3. The Balaban J connectivity index is 1.80. The maximum atomic E-state index is 11.7. The molecule has 0 fully saturated rings. The van der Waals surface area contributed by atoms with Crippen molar-refractivity contribution >= 4 is 39.3 Å². The van der Waals surface area contributed by atoms with Gasteiger partial charge in [-0.05, 0) is 38.8 Å². The van der Waals surface area contributed by atoms with Crippen LogP contribution in [-0.4, -0.2) is 28.9 Å². The number of esters is 1. The highest BCUT2D eigenvalue weighted by Gasteiger charge is 2.29. The minimum absolute atomic E-state index is 0.324. The second-order valence-electron chi connectivity index (χ2n) is 5.04. The molecule has 0 amide bonds. The van der Waals surface area contributed by atoms with Crippen LogP contribution in [0.1, 0.15) is 26.7 Å². The summed E-state index contributed by atoms with van der Waals surface area (Å²) in [7, 11) is 0. The molecular weight excluding hydrogens is 304 g/mol. The van der Waals surface area contributed by atoms with Gasteiger partial charge in [-0.25, -0.2) is 4.98 Å². The monoisotopic (exact) mass is 324 g/mol. The van der Waals surface area contributed by atoms with Gasteiger partial charge in [-0.3, -0.25) is 4.79 Å². The predicted octanol–water partition coefficient (Wildman–Crippen LogP) is 3.45. The van der Waals surface area contributed by atoms with Crippen LogP contribution in [0.2, 0.25) is 0 Å². The van der Waals surface area contributed by atoms with Crippen molar-refractivity contribution in [1.29, 1.82) is 0 Å². The number of aromatic nitrogens is 1. The number of nitrogens with zero attached hydrogens (tertiary/aromatic N) is 1. The number of para-hydroxylation sites is 1. The van der Waals surface area contributed by atoms with Gasteiger partial charge in [0.15, 0.2) is 4.34 Å². The number of thioether (sulfide) groups is 1. The lowest BCUT2D eigenvalue weighted by molar-refractivity contribution is -0.149. The van der Waals surface area contributed by atoms with Gasteiger partial charge in [0.2, 0.25) is 0 Å². The van der Waals surface area contributed by atoms with Gasteiger partial charge in [-0.1, -0.05) is 23.9 Å². The van der Waals surface area contributed by atoms with Gasteiger partial charge in [-0.2, -0.15) is 0 Å². The first-order valence-corrected chi connectivity index (χ1v) is 8.77. The summed E-state index contributed by atoms with van der Waals surface area (Å²) in [5, 5.41) is 0. The average molecular weight is 324 g/mol. The zero-order chi connectivity index (χ0) is 15.3. The van der Waals surface area contributed by atoms with E-state index in [4.69, 9.17) is 10.5 Å². The predicted molar refractivity (Wildman–Crippen MR) is 88.8 cm³/mol. The van der Waals surface area contributed by atoms with E-state index >= 15 is 0 Å². The minimum atomic E-state index is -0.899. The molecule has 0 aliphatic rings. The molecule has 1 aromatic heterocycles. The number of thiazole rings is 1. The lowest BCUT2D eigenvalue weighted by Crippen LogP contribution is -2.46. The van der Waals surface area contributed by atoms with Gasteiger partial charge in [0.25, 0.3) is 0 Å². The van der Waals surface area contributed by atoms with E-state index in [2.05, 4.69) is 11.1 Å². The second kappa shape index (κ2) is 7.24. The van der Waals surface area contributed by atoms with E-state index in [1.54, 1.807) is 36.9 Å². The molecule has 0 spiro atoms. The van der Waals surface area contributed by atoms with Gasteiger partial charge < -0.3 is 10.5 Å². The highest BCUT2D eigenvalue weighted by molar-refractivity contribution is 8.01. The number of hydrogen-bond donors (Lipinski definition) is 1. The van der Waals surface area contributed by atoms with Crippen LogP contribution in [0.15, 0.2) is 28.6 Å². The SMILES string of the molecule is CCOC(=O)C(C)(N)CCCSc1nc2ccccc2s1. The Bertz CT molecular complexity index is 577. The molecule has 0 aliphatic carbocycles. The fourth-order valence-corrected chi connectivity index (χ4v) is 3.99. The number of fused-ring (bicyclic) bond motifs is 1. The molecule has 4 nitrogen and oxygen atoms in total. The first-order chi connectivity index (χ1) is 10.0. The zero-order valence-corrected chi connectivity index (χ0v) is 13.9. The highest BCUT2D eigenvalue weighted by atomic mass is 32.2. The summed E-state index contributed by atoms with van der Waals surface area (Å²) >= 11 is 3.41. The Labute approximate surface area is 133 Å². The van der Waals surface area contributed by atoms with E-state index in [-0.39, 0.29) is 5.97 Å². The number of benzene rings is 1. The van der Waals surface area contributed by atoms with Crippen molar-refractivity contribution < 1.29 is 9.53 Å². The average Bonchev–Trinajstić information content (AvgIpc) is 2.86. The number of nitrogens with two attached hydrogens (primary N) is 1. The van der Waals surface area contributed by atoms with Crippen LogP contribution in [-0.2, 0) is 9.53 Å². The van der Waals surface area contributed by atoms with Crippen molar-refractivity contribution in [2.75, 3.05) is 12.4 Å². The van der Waals surface area contributed by atoms with Crippen LogP contribution in [0.3, 0.4) is 0 Å². The summed E-state index contributed by atoms with van der Waals surface area (Å²) in [5.41, 5.74) is 6.13. The Morgan fingerprint density at radius 2 is 2.24 bits per heavy atom. The lowest BCUT2D eigenvalue weighted by atomic mass is 9.98. The molecule has 2 N–H and O–H groups in total. The highest BCUT2D eigenvalue weighted by Crippen LogP contribution is 2.30. The molecule has 21 heavy (non-hydrogen) atoms. The summed E-state index contributed by atoms with van der Waals surface area (Å²) in [4.78, 5) is 16.3. The second-order valence-corrected chi connectivity index (χ2v) is 7.41. The molecule has 2 aromatic rings. The molecule has 0 bridgehead atoms. The van der Waals surface area contributed by atoms with Crippen molar-refractivity contribution in [3.63, 3.8) is 0 Å². The van der Waals surface area contributed by atoms with E-state index in [9.17, 15) is 4.79 Å². The van der Waals surface area contributed by atoms with E-state index < -0.39 is 5.54 Å². The number of carbonyl (C=O) groups is 1. The molecule has 0 aliphatic heterocycles. The van der Waals surface area contributed by atoms with Crippen LogP contribution in [0.5, 0.6) is 0 Å². The van der Waals surface area contributed by atoms with E-state index in [1.165, 1.54) is 4.70 Å². The van der Waals surface area contributed by atoms with Crippen LogP contribution in [0.25, 0.3) is 10.2 Å². The molecule has 1 aromatic carbocycles. The summed E-state index contributed by atoms with van der Waals surface area (Å²) in [5.74, 6) is 0.571. The molecular formula is C15H20N2O2S2. The molecule has 114 valence electrons. The van der Waals surface area contributed by atoms with E-state index in [0.717, 1.165) is 22.0 Å². The van der Waals surface area contributed by atoms with Crippen molar-refractivity contribution in [2.24, 2.45) is 5.73 Å². The van der Waals surface area contributed by atoms with Crippen molar-refractivity contribution in [3.05, 3.63) is 24.3 Å². The smallest absolute Gasteiger partial charge is 0.325 e. The van der Waals surface area contributed by atoms with E-state index in [1.807, 2.05) is 18.2 Å². The third-order valence-corrected chi connectivity index (χ3v) is 5.35. The van der Waals surface area contributed by atoms with E-state index in [0.29, 0.717) is 13.0 Å². The third kappa shape index (κ3) is 4.43. The summed E-state index contributed by atoms with van der Waals surface area (Å²) in [6.07, 6.45) is 1.47. The fraction of sp³-hybridized carbons (Fsp3) is 0.467. The van der Waals surface area contributed by atoms with Gasteiger partial charge in [0.1, 0.15) is 5.54 Å². The standard InChI is InChI=1S/C15H20N2O2S2/c1-3-19-13(18)15(2,16)9-6-10-20-14-17-11-7-4-5-8-12(11)21-14/h4-5,7-8H,3,6,9-10,16H2,1-2H3. The molecule has 1 atom stereocenters. The molecule has 0 saturated heterocycles. The van der Waals surface area contributed by atoms with Crippen LogP contribution < -0.4 is 5.73 Å². The van der Waals surface area contributed by atoms with Gasteiger partial charge in [-0.15, -0.1) is 11.3 Å². The molecule has 1 unspecified atom stereocenters. The Kier molecular flexibility index (Phi) is 5.61.